The van der Waals surface area contributed by atoms with Gasteiger partial charge in [-0.1, -0.05) is 18.0 Å². The van der Waals surface area contributed by atoms with Crippen molar-refractivity contribution in [2.45, 2.75) is 32.1 Å². The van der Waals surface area contributed by atoms with E-state index in [-0.39, 0.29) is 11.2 Å². The van der Waals surface area contributed by atoms with E-state index in [2.05, 4.69) is 0 Å². The Balaban J connectivity index is 1.88. The van der Waals surface area contributed by atoms with Crippen LogP contribution in [0.4, 0.5) is 4.39 Å². The molecule has 3 atom stereocenters. The zero-order valence-corrected chi connectivity index (χ0v) is 11.2. The van der Waals surface area contributed by atoms with Crippen molar-refractivity contribution in [2.24, 2.45) is 23.0 Å². The van der Waals surface area contributed by atoms with E-state index >= 15 is 0 Å². The van der Waals surface area contributed by atoms with E-state index in [9.17, 15) is 4.39 Å². The highest BCUT2D eigenvalue weighted by atomic mass is 35.5. The fourth-order valence-electron chi connectivity index (χ4n) is 4.15. The lowest BCUT2D eigenvalue weighted by Gasteiger charge is -2.37. The number of halogens is 2. The summed E-state index contributed by atoms with van der Waals surface area (Å²) in [5.41, 5.74) is 6.89. The number of hydrogen-bond donors (Lipinski definition) is 1. The van der Waals surface area contributed by atoms with Crippen molar-refractivity contribution in [1.82, 2.24) is 0 Å². The van der Waals surface area contributed by atoms with Crippen LogP contribution in [0.1, 0.15) is 31.2 Å². The van der Waals surface area contributed by atoms with Gasteiger partial charge in [0.2, 0.25) is 0 Å². The molecule has 0 aliphatic heterocycles. The first-order valence-corrected chi connectivity index (χ1v) is 7.15. The summed E-state index contributed by atoms with van der Waals surface area (Å²) in [6.07, 6.45) is 5.81. The van der Waals surface area contributed by atoms with Gasteiger partial charge in [0, 0.05) is 5.02 Å². The van der Waals surface area contributed by atoms with Gasteiger partial charge in [-0.2, -0.15) is 0 Å². The molecule has 3 unspecified atom stereocenters. The molecule has 0 amide bonds. The molecule has 3 rings (SSSR count). The molecule has 0 saturated heterocycles. The highest BCUT2D eigenvalue weighted by molar-refractivity contribution is 6.30. The third-order valence-electron chi connectivity index (χ3n) is 5.06. The zero-order valence-electron chi connectivity index (χ0n) is 10.5. The molecule has 2 fully saturated rings. The van der Waals surface area contributed by atoms with E-state index in [1.165, 1.54) is 31.7 Å². The number of nitrogens with two attached hydrogens (primary N) is 1. The molecular formula is C15H19ClFN. The molecule has 2 aliphatic rings. The Hall–Kier alpha value is -0.600. The number of benzene rings is 1. The summed E-state index contributed by atoms with van der Waals surface area (Å²) >= 11 is 5.97. The Morgan fingerprint density at radius 2 is 2.22 bits per heavy atom. The van der Waals surface area contributed by atoms with Gasteiger partial charge in [-0.05, 0) is 73.2 Å². The molecule has 2 aliphatic carbocycles. The van der Waals surface area contributed by atoms with Crippen LogP contribution in [-0.2, 0) is 6.42 Å². The highest BCUT2D eigenvalue weighted by Gasteiger charge is 2.50. The van der Waals surface area contributed by atoms with Gasteiger partial charge in [0.05, 0.1) is 0 Å². The van der Waals surface area contributed by atoms with Crippen molar-refractivity contribution in [2.75, 3.05) is 6.54 Å². The topological polar surface area (TPSA) is 26.0 Å². The Bertz CT molecular complexity index is 462. The van der Waals surface area contributed by atoms with E-state index in [1.807, 2.05) is 0 Å². The van der Waals surface area contributed by atoms with Crippen LogP contribution in [-0.4, -0.2) is 6.54 Å². The molecule has 0 spiro atoms. The maximum absolute atomic E-state index is 13.9. The summed E-state index contributed by atoms with van der Waals surface area (Å²) in [7, 11) is 0. The first-order valence-electron chi connectivity index (χ1n) is 6.77. The Kier molecular flexibility index (Phi) is 3.11. The second kappa shape index (κ2) is 4.50. The minimum atomic E-state index is -0.144. The molecule has 1 nitrogen and oxygen atoms in total. The van der Waals surface area contributed by atoms with Crippen LogP contribution >= 0.6 is 11.6 Å². The largest absolute Gasteiger partial charge is 0.330 e. The van der Waals surface area contributed by atoms with E-state index in [1.54, 1.807) is 12.1 Å². The first kappa shape index (κ1) is 12.4. The molecule has 98 valence electrons. The standard InChI is InChI=1S/C15H19ClFN/c16-13-3-4-14(17)11(6-13)8-15(9-18)7-10-1-2-12(15)5-10/h3-4,6,10,12H,1-2,5,7-9,18H2. The monoisotopic (exact) mass is 267 g/mol. The van der Waals surface area contributed by atoms with E-state index in [4.69, 9.17) is 17.3 Å². The third-order valence-corrected chi connectivity index (χ3v) is 5.29. The van der Waals surface area contributed by atoms with Crippen molar-refractivity contribution >= 4 is 11.6 Å². The van der Waals surface area contributed by atoms with Crippen molar-refractivity contribution < 1.29 is 4.39 Å². The van der Waals surface area contributed by atoms with Gasteiger partial charge in [0.15, 0.2) is 0 Å². The molecule has 2 bridgehead atoms. The number of fused-ring (bicyclic) bond motifs is 2. The van der Waals surface area contributed by atoms with Crippen LogP contribution in [0.15, 0.2) is 18.2 Å². The molecule has 0 radical (unpaired) electrons. The molecular weight excluding hydrogens is 249 g/mol. The van der Waals surface area contributed by atoms with Crippen LogP contribution in [0.25, 0.3) is 0 Å². The summed E-state index contributed by atoms with van der Waals surface area (Å²) in [6.45, 7) is 0.667. The average molecular weight is 268 g/mol. The van der Waals surface area contributed by atoms with Crippen molar-refractivity contribution in [3.8, 4) is 0 Å². The fraction of sp³-hybridized carbons (Fsp3) is 0.600. The Labute approximate surface area is 113 Å². The second-order valence-corrected chi connectivity index (χ2v) is 6.50. The van der Waals surface area contributed by atoms with E-state index in [0.717, 1.165) is 17.9 Å². The quantitative estimate of drug-likeness (QED) is 0.886. The van der Waals surface area contributed by atoms with Crippen molar-refractivity contribution in [3.05, 3.63) is 34.6 Å². The van der Waals surface area contributed by atoms with Crippen molar-refractivity contribution in [1.29, 1.82) is 0 Å². The summed E-state index contributed by atoms with van der Waals surface area (Å²) in [4.78, 5) is 0. The van der Waals surface area contributed by atoms with Gasteiger partial charge in [0.1, 0.15) is 5.82 Å². The smallest absolute Gasteiger partial charge is 0.126 e. The van der Waals surface area contributed by atoms with Crippen LogP contribution < -0.4 is 5.73 Å². The molecule has 2 N–H and O–H groups in total. The third kappa shape index (κ3) is 1.96. The van der Waals surface area contributed by atoms with Gasteiger partial charge >= 0.3 is 0 Å². The lowest BCUT2D eigenvalue weighted by molar-refractivity contribution is 0.170. The van der Waals surface area contributed by atoms with Crippen LogP contribution in [0.5, 0.6) is 0 Å². The van der Waals surface area contributed by atoms with Crippen molar-refractivity contribution in [3.63, 3.8) is 0 Å². The van der Waals surface area contributed by atoms with Gasteiger partial charge in [-0.15, -0.1) is 0 Å². The predicted octanol–water partition coefficient (Wildman–Crippen LogP) is 3.79. The Morgan fingerprint density at radius 3 is 2.83 bits per heavy atom. The highest BCUT2D eigenvalue weighted by Crippen LogP contribution is 2.56. The lowest BCUT2D eigenvalue weighted by atomic mass is 9.69. The maximum Gasteiger partial charge on any atom is 0.126 e. The summed E-state index contributed by atoms with van der Waals surface area (Å²) in [5, 5.41) is 0.613. The van der Waals surface area contributed by atoms with E-state index in [0.29, 0.717) is 17.5 Å². The maximum atomic E-state index is 13.9. The molecule has 0 aromatic heterocycles. The normalized spacial score (nSPS) is 34.2. The van der Waals surface area contributed by atoms with E-state index < -0.39 is 0 Å². The second-order valence-electron chi connectivity index (χ2n) is 6.06. The molecule has 3 heteroatoms. The minimum Gasteiger partial charge on any atom is -0.330 e. The summed E-state index contributed by atoms with van der Waals surface area (Å²) < 4.78 is 13.9. The lowest BCUT2D eigenvalue weighted by Crippen LogP contribution is -2.38. The SMILES string of the molecule is NCC1(Cc2cc(Cl)ccc2F)CC2CCC1C2. The van der Waals surface area contributed by atoms with Crippen LogP contribution in [0.2, 0.25) is 5.02 Å². The van der Waals surface area contributed by atoms with Crippen LogP contribution in [0, 0.1) is 23.1 Å². The average Bonchev–Trinajstić information content (AvgIpc) is 2.94. The summed E-state index contributed by atoms with van der Waals surface area (Å²) in [6, 6.07) is 4.84. The predicted molar refractivity (Wildman–Crippen MR) is 72.0 cm³/mol. The molecule has 1 aromatic carbocycles. The number of hydrogen-bond acceptors (Lipinski definition) is 1. The van der Waals surface area contributed by atoms with Gasteiger partial charge < -0.3 is 5.73 Å². The minimum absolute atomic E-state index is 0.119. The van der Waals surface area contributed by atoms with Gasteiger partial charge in [0.25, 0.3) is 0 Å². The van der Waals surface area contributed by atoms with Crippen LogP contribution in [0.3, 0.4) is 0 Å². The molecule has 2 saturated carbocycles. The van der Waals surface area contributed by atoms with Gasteiger partial charge in [-0.3, -0.25) is 0 Å². The molecule has 18 heavy (non-hydrogen) atoms. The number of rotatable bonds is 3. The first-order chi connectivity index (χ1) is 8.63. The summed E-state index contributed by atoms with van der Waals surface area (Å²) in [5.74, 6) is 1.36. The Morgan fingerprint density at radius 1 is 1.39 bits per heavy atom. The fourth-order valence-corrected chi connectivity index (χ4v) is 4.35. The molecule has 1 aromatic rings. The van der Waals surface area contributed by atoms with Gasteiger partial charge in [-0.25, -0.2) is 4.39 Å². The zero-order chi connectivity index (χ0) is 12.8. The molecule has 0 heterocycles.